The lowest BCUT2D eigenvalue weighted by Gasteiger charge is -2.34. The number of guanidine groups is 1. The zero-order valence-corrected chi connectivity index (χ0v) is 14.6. The van der Waals surface area contributed by atoms with E-state index < -0.39 is 0 Å². The molecular weight excluding hydrogens is 274 g/mol. The number of likely N-dealkylation sites (tertiary alicyclic amines) is 1. The molecule has 1 aliphatic heterocycles. The number of unbranched alkanes of at least 4 members (excludes halogenated alkanes) is 1. The van der Waals surface area contributed by atoms with Gasteiger partial charge in [-0.3, -0.25) is 4.99 Å². The van der Waals surface area contributed by atoms with E-state index >= 15 is 0 Å². The molecule has 0 aromatic rings. The van der Waals surface area contributed by atoms with Crippen LogP contribution < -0.4 is 5.32 Å². The summed E-state index contributed by atoms with van der Waals surface area (Å²) in [6.45, 7) is 6.10. The van der Waals surface area contributed by atoms with Crippen LogP contribution in [-0.2, 0) is 4.74 Å². The molecule has 0 unspecified atom stereocenters. The van der Waals surface area contributed by atoms with E-state index in [-0.39, 0.29) is 0 Å². The van der Waals surface area contributed by atoms with Crippen molar-refractivity contribution in [1.29, 1.82) is 0 Å². The molecule has 1 N–H and O–H groups in total. The quantitative estimate of drug-likeness (QED) is 0.445. The molecule has 128 valence electrons. The Morgan fingerprint density at radius 2 is 1.86 bits per heavy atom. The largest absolute Gasteiger partial charge is 0.378 e. The van der Waals surface area contributed by atoms with Crippen molar-refractivity contribution in [3.63, 3.8) is 0 Å². The number of rotatable bonds is 7. The van der Waals surface area contributed by atoms with Gasteiger partial charge in [-0.05, 0) is 32.1 Å². The Labute approximate surface area is 136 Å². The monoisotopic (exact) mass is 309 g/mol. The minimum atomic E-state index is 0.450. The van der Waals surface area contributed by atoms with E-state index in [0.29, 0.717) is 6.10 Å². The Balaban J connectivity index is 1.57. The van der Waals surface area contributed by atoms with Gasteiger partial charge in [0.2, 0.25) is 0 Å². The van der Waals surface area contributed by atoms with Crippen molar-refractivity contribution in [2.24, 2.45) is 10.9 Å². The maximum atomic E-state index is 5.72. The molecule has 4 nitrogen and oxygen atoms in total. The average Bonchev–Trinajstić information content (AvgIpc) is 3.06. The standard InChI is InChI=1S/C18H35N3O/c1-3-22-17-11-14-21(15-12-17)18(19-2)20-13-7-6-10-16-8-4-5-9-16/h16-17H,3-15H2,1-2H3,(H,19,20). The molecule has 0 aromatic heterocycles. The SMILES string of the molecule is CCOC1CCN(C(=NC)NCCCCC2CCCC2)CC1. The molecule has 0 aromatic carbocycles. The van der Waals surface area contributed by atoms with Gasteiger partial charge in [-0.2, -0.15) is 0 Å². The molecule has 2 fully saturated rings. The van der Waals surface area contributed by atoms with Gasteiger partial charge in [-0.15, -0.1) is 0 Å². The fourth-order valence-electron chi connectivity index (χ4n) is 3.86. The van der Waals surface area contributed by atoms with E-state index in [9.17, 15) is 0 Å². The van der Waals surface area contributed by atoms with E-state index in [1.54, 1.807) is 0 Å². The molecule has 0 spiro atoms. The van der Waals surface area contributed by atoms with Crippen molar-refractivity contribution >= 4 is 5.96 Å². The van der Waals surface area contributed by atoms with Crippen LogP contribution in [0.3, 0.4) is 0 Å². The lowest BCUT2D eigenvalue weighted by Crippen LogP contribution is -2.47. The molecule has 22 heavy (non-hydrogen) atoms. The third-order valence-corrected chi connectivity index (χ3v) is 5.15. The van der Waals surface area contributed by atoms with Gasteiger partial charge in [0.05, 0.1) is 6.10 Å². The molecule has 1 heterocycles. The van der Waals surface area contributed by atoms with Gasteiger partial charge >= 0.3 is 0 Å². The summed E-state index contributed by atoms with van der Waals surface area (Å²) in [5.74, 6) is 2.10. The fraction of sp³-hybridized carbons (Fsp3) is 0.944. The molecular formula is C18H35N3O. The minimum Gasteiger partial charge on any atom is -0.378 e. The predicted octanol–water partition coefficient (Wildman–Crippen LogP) is 3.42. The molecule has 0 amide bonds. The Hall–Kier alpha value is -0.770. The Morgan fingerprint density at radius 3 is 2.50 bits per heavy atom. The first-order chi connectivity index (χ1) is 10.8. The maximum Gasteiger partial charge on any atom is 0.193 e. The summed E-state index contributed by atoms with van der Waals surface area (Å²) < 4.78 is 5.72. The van der Waals surface area contributed by atoms with E-state index in [2.05, 4.69) is 22.1 Å². The van der Waals surface area contributed by atoms with Crippen LogP contribution in [0.5, 0.6) is 0 Å². The Morgan fingerprint density at radius 1 is 1.14 bits per heavy atom. The first-order valence-corrected chi connectivity index (χ1v) is 9.40. The molecule has 1 saturated carbocycles. The summed E-state index contributed by atoms with van der Waals surface area (Å²) in [4.78, 5) is 6.83. The average molecular weight is 309 g/mol. The highest BCUT2D eigenvalue weighted by atomic mass is 16.5. The van der Waals surface area contributed by atoms with Crippen molar-refractivity contribution in [3.05, 3.63) is 0 Å². The number of nitrogens with one attached hydrogen (secondary N) is 1. The van der Waals surface area contributed by atoms with E-state index in [0.717, 1.165) is 51.0 Å². The molecule has 4 heteroatoms. The van der Waals surface area contributed by atoms with Gasteiger partial charge in [-0.1, -0.05) is 38.5 Å². The highest BCUT2D eigenvalue weighted by molar-refractivity contribution is 5.79. The van der Waals surface area contributed by atoms with Gasteiger partial charge in [0.25, 0.3) is 0 Å². The van der Waals surface area contributed by atoms with Crippen LogP contribution in [0.2, 0.25) is 0 Å². The Kier molecular flexibility index (Phi) is 8.06. The highest BCUT2D eigenvalue weighted by Gasteiger charge is 2.21. The van der Waals surface area contributed by atoms with Crippen molar-refractivity contribution in [1.82, 2.24) is 10.2 Å². The van der Waals surface area contributed by atoms with Crippen molar-refractivity contribution in [3.8, 4) is 0 Å². The van der Waals surface area contributed by atoms with E-state index in [1.807, 2.05) is 7.05 Å². The summed E-state index contributed by atoms with van der Waals surface area (Å²) in [6.07, 6.45) is 12.6. The molecule has 2 rings (SSSR count). The van der Waals surface area contributed by atoms with Gasteiger partial charge in [0.1, 0.15) is 0 Å². The summed E-state index contributed by atoms with van der Waals surface area (Å²) in [7, 11) is 1.90. The van der Waals surface area contributed by atoms with Crippen molar-refractivity contribution < 1.29 is 4.74 Å². The number of ether oxygens (including phenoxy) is 1. The first kappa shape index (κ1) is 17.6. The second-order valence-corrected chi connectivity index (χ2v) is 6.76. The van der Waals surface area contributed by atoms with Crippen LogP contribution >= 0.6 is 0 Å². The van der Waals surface area contributed by atoms with Crippen molar-refractivity contribution in [2.75, 3.05) is 33.3 Å². The van der Waals surface area contributed by atoms with Crippen molar-refractivity contribution in [2.45, 2.75) is 70.8 Å². The van der Waals surface area contributed by atoms with Crippen LogP contribution in [0, 0.1) is 5.92 Å². The molecule has 2 aliphatic rings. The van der Waals surface area contributed by atoms with Crippen LogP contribution in [0.25, 0.3) is 0 Å². The zero-order valence-electron chi connectivity index (χ0n) is 14.6. The summed E-state index contributed by atoms with van der Waals surface area (Å²) in [6, 6.07) is 0. The molecule has 1 aliphatic carbocycles. The highest BCUT2D eigenvalue weighted by Crippen LogP contribution is 2.28. The minimum absolute atomic E-state index is 0.450. The predicted molar refractivity (Wildman–Crippen MR) is 93.4 cm³/mol. The molecule has 0 atom stereocenters. The second kappa shape index (κ2) is 10.1. The number of piperidine rings is 1. The van der Waals surface area contributed by atoms with Crippen LogP contribution in [0.15, 0.2) is 4.99 Å². The number of aliphatic imine (C=N–C) groups is 1. The summed E-state index contributed by atoms with van der Waals surface area (Å²) in [5.41, 5.74) is 0. The number of hydrogen-bond acceptors (Lipinski definition) is 2. The smallest absolute Gasteiger partial charge is 0.193 e. The zero-order chi connectivity index (χ0) is 15.6. The second-order valence-electron chi connectivity index (χ2n) is 6.76. The van der Waals surface area contributed by atoms with Crippen LogP contribution in [0.1, 0.15) is 64.7 Å². The lowest BCUT2D eigenvalue weighted by molar-refractivity contribution is 0.0264. The van der Waals surface area contributed by atoms with E-state index in [4.69, 9.17) is 4.74 Å². The number of hydrogen-bond donors (Lipinski definition) is 1. The lowest BCUT2D eigenvalue weighted by atomic mass is 10.0. The third-order valence-electron chi connectivity index (χ3n) is 5.15. The normalized spacial score (nSPS) is 21.5. The first-order valence-electron chi connectivity index (χ1n) is 9.40. The van der Waals surface area contributed by atoms with Crippen LogP contribution in [-0.4, -0.2) is 50.3 Å². The van der Waals surface area contributed by atoms with Gasteiger partial charge < -0.3 is 15.0 Å². The molecule has 1 saturated heterocycles. The summed E-state index contributed by atoms with van der Waals surface area (Å²) in [5, 5.41) is 3.55. The van der Waals surface area contributed by atoms with Gasteiger partial charge in [0, 0.05) is 33.3 Å². The molecule has 0 radical (unpaired) electrons. The van der Waals surface area contributed by atoms with Crippen LogP contribution in [0.4, 0.5) is 0 Å². The number of nitrogens with zero attached hydrogens (tertiary/aromatic N) is 2. The van der Waals surface area contributed by atoms with E-state index in [1.165, 1.54) is 44.9 Å². The Bertz CT molecular complexity index is 318. The third kappa shape index (κ3) is 5.79. The summed E-state index contributed by atoms with van der Waals surface area (Å²) >= 11 is 0. The molecule has 0 bridgehead atoms. The van der Waals surface area contributed by atoms with Gasteiger partial charge in [-0.25, -0.2) is 0 Å². The maximum absolute atomic E-state index is 5.72. The fourth-order valence-corrected chi connectivity index (χ4v) is 3.86. The van der Waals surface area contributed by atoms with Gasteiger partial charge in [0.15, 0.2) is 5.96 Å². The topological polar surface area (TPSA) is 36.9 Å².